The number of ether oxygens (including phenoxy) is 1. The van der Waals surface area contributed by atoms with E-state index in [-0.39, 0.29) is 11.6 Å². The molecule has 3 atom stereocenters. The van der Waals surface area contributed by atoms with E-state index < -0.39 is 0 Å². The Morgan fingerprint density at radius 2 is 2.10 bits per heavy atom. The van der Waals surface area contributed by atoms with E-state index in [1.807, 2.05) is 18.2 Å². The first-order chi connectivity index (χ1) is 10.0. The minimum Gasteiger partial charge on any atom is -0.377 e. The molecule has 2 rings (SSSR count). The zero-order valence-electron chi connectivity index (χ0n) is 12.7. The Balaban J connectivity index is 2.26. The van der Waals surface area contributed by atoms with Crippen molar-refractivity contribution in [2.75, 3.05) is 7.11 Å². The summed E-state index contributed by atoms with van der Waals surface area (Å²) in [6, 6.07) is 5.56. The van der Waals surface area contributed by atoms with Crippen molar-refractivity contribution in [3.63, 3.8) is 0 Å². The average Bonchev–Trinajstić information content (AvgIpc) is 2.47. The topological polar surface area (TPSA) is 47.3 Å². The second kappa shape index (κ2) is 7.30. The summed E-state index contributed by atoms with van der Waals surface area (Å²) in [6.07, 6.45) is 5.07. The van der Waals surface area contributed by atoms with Crippen molar-refractivity contribution in [1.29, 1.82) is 0 Å². The van der Waals surface area contributed by atoms with Crippen molar-refractivity contribution >= 4 is 23.2 Å². The molecule has 1 aliphatic carbocycles. The van der Waals surface area contributed by atoms with Gasteiger partial charge in [0, 0.05) is 17.2 Å². The van der Waals surface area contributed by atoms with E-state index in [1.54, 1.807) is 7.11 Å². The van der Waals surface area contributed by atoms with Gasteiger partial charge in [-0.1, -0.05) is 49.0 Å². The molecule has 0 amide bonds. The van der Waals surface area contributed by atoms with Gasteiger partial charge in [-0.25, -0.2) is 0 Å². The number of nitrogens with one attached hydrogen (secondary N) is 1. The van der Waals surface area contributed by atoms with Gasteiger partial charge in [-0.15, -0.1) is 0 Å². The Morgan fingerprint density at radius 1 is 1.43 bits per heavy atom. The lowest BCUT2D eigenvalue weighted by Gasteiger charge is -2.44. The molecule has 118 valence electrons. The number of methoxy groups -OCH3 is 1. The highest BCUT2D eigenvalue weighted by atomic mass is 35.5. The third kappa shape index (κ3) is 3.72. The van der Waals surface area contributed by atoms with Crippen LogP contribution in [0.4, 0.5) is 0 Å². The molecule has 0 radical (unpaired) electrons. The van der Waals surface area contributed by atoms with Crippen LogP contribution in [0, 0.1) is 5.92 Å². The molecular formula is C16H24Cl2N2O. The van der Waals surface area contributed by atoms with Gasteiger partial charge in [-0.05, 0) is 42.9 Å². The van der Waals surface area contributed by atoms with Gasteiger partial charge in [0.25, 0.3) is 0 Å². The lowest BCUT2D eigenvalue weighted by Crippen LogP contribution is -2.57. The van der Waals surface area contributed by atoms with Gasteiger partial charge in [0.2, 0.25) is 0 Å². The van der Waals surface area contributed by atoms with Crippen LogP contribution in [0.2, 0.25) is 10.0 Å². The molecule has 3 unspecified atom stereocenters. The van der Waals surface area contributed by atoms with Crippen LogP contribution >= 0.6 is 23.2 Å². The predicted molar refractivity (Wildman–Crippen MR) is 88.6 cm³/mol. The highest BCUT2D eigenvalue weighted by molar-refractivity contribution is 6.36. The summed E-state index contributed by atoms with van der Waals surface area (Å²) in [6.45, 7) is 2.27. The summed E-state index contributed by atoms with van der Waals surface area (Å²) in [5.74, 6) is 6.48. The second-order valence-electron chi connectivity index (χ2n) is 6.09. The van der Waals surface area contributed by atoms with Crippen molar-refractivity contribution in [2.24, 2.45) is 11.8 Å². The molecule has 1 fully saturated rings. The molecule has 3 nitrogen and oxygen atoms in total. The van der Waals surface area contributed by atoms with Crippen LogP contribution in [-0.2, 0) is 11.2 Å². The van der Waals surface area contributed by atoms with E-state index in [1.165, 1.54) is 6.42 Å². The summed E-state index contributed by atoms with van der Waals surface area (Å²) in [7, 11) is 1.77. The first kappa shape index (κ1) is 17.0. The van der Waals surface area contributed by atoms with Crippen molar-refractivity contribution < 1.29 is 4.74 Å². The largest absolute Gasteiger partial charge is 0.377 e. The van der Waals surface area contributed by atoms with Crippen molar-refractivity contribution in [3.8, 4) is 0 Å². The van der Waals surface area contributed by atoms with Crippen LogP contribution in [0.5, 0.6) is 0 Å². The van der Waals surface area contributed by atoms with Crippen LogP contribution in [0.15, 0.2) is 18.2 Å². The van der Waals surface area contributed by atoms with E-state index in [0.29, 0.717) is 22.4 Å². The van der Waals surface area contributed by atoms with Crippen LogP contribution in [-0.4, -0.2) is 18.8 Å². The summed E-state index contributed by atoms with van der Waals surface area (Å²) >= 11 is 12.6. The summed E-state index contributed by atoms with van der Waals surface area (Å²) in [5, 5.41) is 1.36. The zero-order chi connectivity index (χ0) is 15.5. The number of rotatable bonds is 5. The molecule has 21 heavy (non-hydrogen) atoms. The summed E-state index contributed by atoms with van der Waals surface area (Å²) < 4.78 is 5.93. The lowest BCUT2D eigenvalue weighted by atomic mass is 9.73. The van der Waals surface area contributed by atoms with E-state index >= 15 is 0 Å². The first-order valence-corrected chi connectivity index (χ1v) is 8.22. The lowest BCUT2D eigenvalue weighted by molar-refractivity contribution is -0.0791. The van der Waals surface area contributed by atoms with Gasteiger partial charge in [0.15, 0.2) is 0 Å². The van der Waals surface area contributed by atoms with Crippen molar-refractivity contribution in [3.05, 3.63) is 33.8 Å². The zero-order valence-corrected chi connectivity index (χ0v) is 14.2. The van der Waals surface area contributed by atoms with Crippen molar-refractivity contribution in [1.82, 2.24) is 5.43 Å². The van der Waals surface area contributed by atoms with Crippen molar-refractivity contribution in [2.45, 2.75) is 50.7 Å². The van der Waals surface area contributed by atoms with Gasteiger partial charge in [-0.3, -0.25) is 11.3 Å². The molecule has 0 spiro atoms. The second-order valence-corrected chi connectivity index (χ2v) is 6.91. The SMILES string of the molecule is COC1(C(Cc2c(Cl)cccc2Cl)NN)CCCC(C)C1. The normalized spacial score (nSPS) is 27.6. The fourth-order valence-corrected chi connectivity index (χ4v) is 4.07. The van der Waals surface area contributed by atoms with Gasteiger partial charge < -0.3 is 4.74 Å². The van der Waals surface area contributed by atoms with E-state index in [9.17, 15) is 0 Å². The van der Waals surface area contributed by atoms with Gasteiger partial charge in [-0.2, -0.15) is 0 Å². The minimum absolute atomic E-state index is 0.0114. The number of hydrogen-bond acceptors (Lipinski definition) is 3. The Morgan fingerprint density at radius 3 is 2.62 bits per heavy atom. The standard InChI is InChI=1S/C16H24Cl2N2O/c1-11-5-4-8-16(10-11,21-2)15(20-19)9-12-13(17)6-3-7-14(12)18/h3,6-7,11,15,20H,4-5,8-10,19H2,1-2H3. The minimum atomic E-state index is -0.255. The first-order valence-electron chi connectivity index (χ1n) is 7.46. The Labute approximate surface area is 137 Å². The number of hydrazine groups is 1. The predicted octanol–water partition coefficient (Wildman–Crippen LogP) is 3.96. The molecule has 1 aliphatic rings. The number of hydrogen-bond donors (Lipinski definition) is 2. The highest BCUT2D eigenvalue weighted by Crippen LogP contribution is 2.39. The van der Waals surface area contributed by atoms with Crippen LogP contribution < -0.4 is 11.3 Å². The Hall–Kier alpha value is -0.320. The molecule has 5 heteroatoms. The van der Waals surface area contributed by atoms with Gasteiger partial charge in [0.1, 0.15) is 0 Å². The summed E-state index contributed by atoms with van der Waals surface area (Å²) in [4.78, 5) is 0. The monoisotopic (exact) mass is 330 g/mol. The fourth-order valence-electron chi connectivity index (χ4n) is 3.52. The quantitative estimate of drug-likeness (QED) is 0.634. The molecule has 0 bridgehead atoms. The molecule has 0 saturated heterocycles. The third-order valence-corrected chi connectivity index (χ3v) is 5.41. The molecule has 0 aromatic heterocycles. The summed E-state index contributed by atoms with van der Waals surface area (Å²) in [5.41, 5.74) is 3.62. The Bertz CT molecular complexity index is 463. The maximum atomic E-state index is 6.29. The number of benzene rings is 1. The number of halogens is 2. The van der Waals surface area contributed by atoms with Crippen LogP contribution in [0.1, 0.15) is 38.2 Å². The smallest absolute Gasteiger partial charge is 0.0850 e. The van der Waals surface area contributed by atoms with Crippen LogP contribution in [0.25, 0.3) is 0 Å². The van der Waals surface area contributed by atoms with Gasteiger partial charge >= 0.3 is 0 Å². The molecule has 1 saturated carbocycles. The van der Waals surface area contributed by atoms with E-state index in [0.717, 1.165) is 24.8 Å². The highest BCUT2D eigenvalue weighted by Gasteiger charge is 2.42. The molecular weight excluding hydrogens is 307 g/mol. The average molecular weight is 331 g/mol. The molecule has 0 heterocycles. The van der Waals surface area contributed by atoms with Crippen LogP contribution in [0.3, 0.4) is 0 Å². The van der Waals surface area contributed by atoms with E-state index in [2.05, 4.69) is 12.3 Å². The molecule has 0 aliphatic heterocycles. The Kier molecular flexibility index (Phi) is 5.92. The molecule has 1 aromatic rings. The maximum Gasteiger partial charge on any atom is 0.0850 e. The molecule has 1 aromatic carbocycles. The maximum absolute atomic E-state index is 6.29. The van der Waals surface area contributed by atoms with E-state index in [4.69, 9.17) is 33.8 Å². The third-order valence-electron chi connectivity index (χ3n) is 4.70. The molecule has 3 N–H and O–H groups in total. The van der Waals surface area contributed by atoms with Gasteiger partial charge in [0.05, 0.1) is 11.6 Å². The number of nitrogens with two attached hydrogens (primary N) is 1. The fraction of sp³-hybridized carbons (Fsp3) is 0.625.